The molecule has 9 heteroatoms. The maximum Gasteiger partial charge on any atom is 0.254 e. The summed E-state index contributed by atoms with van der Waals surface area (Å²) in [4.78, 5) is 20.4. The van der Waals surface area contributed by atoms with E-state index in [1.54, 1.807) is 7.11 Å². The summed E-state index contributed by atoms with van der Waals surface area (Å²) in [6.07, 6.45) is 3.42. The lowest BCUT2D eigenvalue weighted by Gasteiger charge is -2.14. The minimum atomic E-state index is -0.608. The van der Waals surface area contributed by atoms with Gasteiger partial charge in [0.05, 0.1) is 12.1 Å². The van der Waals surface area contributed by atoms with Gasteiger partial charge in [-0.15, -0.1) is 0 Å². The summed E-state index contributed by atoms with van der Waals surface area (Å²) in [6.45, 7) is 3.79. The molecule has 1 atom stereocenters. The summed E-state index contributed by atoms with van der Waals surface area (Å²) in [6, 6.07) is 7.74. The van der Waals surface area contributed by atoms with Crippen LogP contribution in [0.4, 0.5) is 17.5 Å². The average Bonchev–Trinajstić information content (AvgIpc) is 3.11. The second kappa shape index (κ2) is 8.68. The smallest absolute Gasteiger partial charge is 0.254 e. The maximum atomic E-state index is 11.8. The van der Waals surface area contributed by atoms with E-state index in [9.17, 15) is 4.79 Å². The maximum absolute atomic E-state index is 11.8. The number of anilines is 3. The Morgan fingerprint density at radius 3 is 2.89 bits per heavy atom. The zero-order valence-corrected chi connectivity index (χ0v) is 16.0. The van der Waals surface area contributed by atoms with Crippen molar-refractivity contribution in [1.29, 1.82) is 0 Å². The van der Waals surface area contributed by atoms with Crippen molar-refractivity contribution in [3.05, 3.63) is 42.2 Å². The van der Waals surface area contributed by atoms with E-state index in [0.717, 1.165) is 23.1 Å². The summed E-state index contributed by atoms with van der Waals surface area (Å²) in [7, 11) is 1.59. The summed E-state index contributed by atoms with van der Waals surface area (Å²) in [5.41, 5.74) is 13.5. The van der Waals surface area contributed by atoms with Gasteiger partial charge in [-0.3, -0.25) is 4.79 Å². The fourth-order valence-corrected chi connectivity index (χ4v) is 2.97. The summed E-state index contributed by atoms with van der Waals surface area (Å²) < 4.78 is 7.15. The van der Waals surface area contributed by atoms with Gasteiger partial charge in [0.2, 0.25) is 5.95 Å². The molecule has 0 aliphatic heterocycles. The van der Waals surface area contributed by atoms with Gasteiger partial charge < -0.3 is 31.4 Å². The van der Waals surface area contributed by atoms with Crippen LogP contribution in [0.2, 0.25) is 0 Å². The molecule has 0 bridgehead atoms. The minimum absolute atomic E-state index is 0.205. The zero-order chi connectivity index (χ0) is 20.1. The lowest BCUT2D eigenvalue weighted by molar-refractivity contribution is 0.100. The Bertz CT molecular complexity index is 970. The van der Waals surface area contributed by atoms with Crippen LogP contribution in [0.1, 0.15) is 17.3 Å². The molecule has 0 aliphatic carbocycles. The molecule has 1 unspecified atom stereocenters. The number of carbonyl (C=O) groups excluding carboxylic acids is 1. The minimum Gasteiger partial charge on any atom is -0.383 e. The molecule has 3 rings (SSSR count). The molecular formula is C19H25N7O2. The number of hydrogen-bond acceptors (Lipinski definition) is 7. The van der Waals surface area contributed by atoms with E-state index in [4.69, 9.17) is 16.2 Å². The molecule has 0 saturated heterocycles. The van der Waals surface area contributed by atoms with Gasteiger partial charge >= 0.3 is 0 Å². The number of primary amides is 1. The first-order valence-electron chi connectivity index (χ1n) is 9.03. The molecule has 0 radical (unpaired) electrons. The van der Waals surface area contributed by atoms with E-state index >= 15 is 0 Å². The Kier molecular flexibility index (Phi) is 6.07. The largest absolute Gasteiger partial charge is 0.383 e. The van der Waals surface area contributed by atoms with E-state index in [1.807, 2.05) is 30.5 Å². The van der Waals surface area contributed by atoms with Crippen molar-refractivity contribution >= 4 is 34.3 Å². The van der Waals surface area contributed by atoms with Crippen LogP contribution < -0.4 is 22.1 Å². The van der Waals surface area contributed by atoms with Gasteiger partial charge in [0.1, 0.15) is 11.4 Å². The molecule has 2 heterocycles. The molecule has 0 fully saturated rings. The number of nitrogens with zero attached hydrogens (tertiary/aromatic N) is 3. The second-order valence-corrected chi connectivity index (χ2v) is 6.38. The van der Waals surface area contributed by atoms with E-state index in [-0.39, 0.29) is 11.6 Å². The van der Waals surface area contributed by atoms with Crippen molar-refractivity contribution in [2.75, 3.05) is 30.9 Å². The summed E-state index contributed by atoms with van der Waals surface area (Å²) >= 11 is 0. The van der Waals surface area contributed by atoms with Crippen LogP contribution in [0.15, 0.2) is 36.7 Å². The SMILES string of the molecule is CCn1ccc2c(Nc3nc(NCC(N)COC)ncc3C(N)=O)cccc21. The molecule has 0 aliphatic rings. The van der Waals surface area contributed by atoms with Crippen LogP contribution >= 0.6 is 0 Å². The molecule has 1 amide bonds. The van der Waals surface area contributed by atoms with Gasteiger partial charge in [-0.2, -0.15) is 4.98 Å². The van der Waals surface area contributed by atoms with Gasteiger partial charge in [0, 0.05) is 49.7 Å². The van der Waals surface area contributed by atoms with Crippen molar-refractivity contribution in [1.82, 2.24) is 14.5 Å². The van der Waals surface area contributed by atoms with Crippen LogP contribution in [0.5, 0.6) is 0 Å². The average molecular weight is 383 g/mol. The predicted molar refractivity (Wildman–Crippen MR) is 110 cm³/mol. The molecule has 9 nitrogen and oxygen atoms in total. The Balaban J connectivity index is 1.90. The fraction of sp³-hybridized carbons (Fsp3) is 0.316. The summed E-state index contributed by atoms with van der Waals surface area (Å²) in [5, 5.41) is 7.30. The molecule has 2 aromatic heterocycles. The van der Waals surface area contributed by atoms with E-state index in [2.05, 4.69) is 32.1 Å². The first kappa shape index (κ1) is 19.6. The molecule has 0 spiro atoms. The molecule has 28 heavy (non-hydrogen) atoms. The highest BCUT2D eigenvalue weighted by Gasteiger charge is 2.15. The highest BCUT2D eigenvalue weighted by molar-refractivity contribution is 6.00. The van der Waals surface area contributed by atoms with Crippen molar-refractivity contribution in [2.45, 2.75) is 19.5 Å². The third-order valence-corrected chi connectivity index (χ3v) is 4.36. The number of rotatable bonds is 9. The Labute approximate surface area is 163 Å². The van der Waals surface area contributed by atoms with Crippen LogP contribution in [-0.4, -0.2) is 46.7 Å². The monoisotopic (exact) mass is 383 g/mol. The predicted octanol–water partition coefficient (Wildman–Crippen LogP) is 1.68. The number of ether oxygens (including phenoxy) is 1. The number of fused-ring (bicyclic) bond motifs is 1. The molecule has 0 saturated carbocycles. The number of carbonyl (C=O) groups is 1. The first-order valence-corrected chi connectivity index (χ1v) is 9.03. The van der Waals surface area contributed by atoms with E-state index in [1.165, 1.54) is 6.20 Å². The Morgan fingerprint density at radius 2 is 2.18 bits per heavy atom. The van der Waals surface area contributed by atoms with Gasteiger partial charge in [0.25, 0.3) is 5.91 Å². The highest BCUT2D eigenvalue weighted by atomic mass is 16.5. The topological polar surface area (TPSA) is 133 Å². The van der Waals surface area contributed by atoms with Crippen LogP contribution in [0, 0.1) is 0 Å². The van der Waals surface area contributed by atoms with Crippen LogP contribution in [-0.2, 0) is 11.3 Å². The molecular weight excluding hydrogens is 358 g/mol. The molecule has 3 aromatic rings. The third kappa shape index (κ3) is 4.21. The quantitative estimate of drug-likeness (QED) is 0.442. The zero-order valence-electron chi connectivity index (χ0n) is 16.0. The lowest BCUT2D eigenvalue weighted by atomic mass is 10.2. The number of aromatic nitrogens is 3. The molecule has 1 aromatic carbocycles. The molecule has 6 N–H and O–H groups in total. The van der Waals surface area contributed by atoms with Crippen LogP contribution in [0.3, 0.4) is 0 Å². The number of aryl methyl sites for hydroxylation is 1. The Hall–Kier alpha value is -3.17. The van der Waals surface area contributed by atoms with E-state index < -0.39 is 5.91 Å². The lowest BCUT2D eigenvalue weighted by Crippen LogP contribution is -2.33. The number of nitrogens with two attached hydrogens (primary N) is 2. The van der Waals surface area contributed by atoms with Crippen molar-refractivity contribution in [3.63, 3.8) is 0 Å². The Morgan fingerprint density at radius 1 is 1.36 bits per heavy atom. The standard InChI is InChI=1S/C19H25N7O2/c1-3-26-8-7-13-15(5-4-6-16(13)26)24-18-14(17(21)27)10-23-19(25-18)22-9-12(20)11-28-2/h4-8,10,12H,3,9,11,20H2,1-2H3,(H2,21,27)(H2,22,23,24,25). The summed E-state index contributed by atoms with van der Waals surface area (Å²) in [5.74, 6) is 0.0721. The number of amides is 1. The first-order chi connectivity index (χ1) is 13.5. The molecule has 148 valence electrons. The number of methoxy groups -OCH3 is 1. The van der Waals surface area contributed by atoms with E-state index in [0.29, 0.717) is 24.9 Å². The van der Waals surface area contributed by atoms with Gasteiger partial charge in [-0.1, -0.05) is 6.07 Å². The second-order valence-electron chi connectivity index (χ2n) is 6.38. The van der Waals surface area contributed by atoms with Crippen molar-refractivity contribution in [3.8, 4) is 0 Å². The van der Waals surface area contributed by atoms with Gasteiger partial charge in [-0.25, -0.2) is 4.98 Å². The third-order valence-electron chi connectivity index (χ3n) is 4.36. The number of hydrogen-bond donors (Lipinski definition) is 4. The van der Waals surface area contributed by atoms with Crippen molar-refractivity contribution < 1.29 is 9.53 Å². The number of benzene rings is 1. The number of nitrogens with one attached hydrogen (secondary N) is 2. The fourth-order valence-electron chi connectivity index (χ4n) is 2.97. The van der Waals surface area contributed by atoms with Crippen LogP contribution in [0.25, 0.3) is 10.9 Å². The van der Waals surface area contributed by atoms with Gasteiger partial charge in [-0.05, 0) is 25.1 Å². The van der Waals surface area contributed by atoms with Crippen molar-refractivity contribution in [2.24, 2.45) is 11.5 Å². The van der Waals surface area contributed by atoms with Gasteiger partial charge in [0.15, 0.2) is 0 Å². The highest BCUT2D eigenvalue weighted by Crippen LogP contribution is 2.28. The normalized spacial score (nSPS) is 12.1.